The highest BCUT2D eigenvalue weighted by Gasteiger charge is 2.07. The van der Waals surface area contributed by atoms with Gasteiger partial charge in [-0.05, 0) is 19.1 Å². The largest absolute Gasteiger partial charge is 0.465 e. The molecule has 1 rings (SSSR count). The lowest BCUT2D eigenvalue weighted by Crippen LogP contribution is -2.20. The Labute approximate surface area is 87.6 Å². The van der Waals surface area contributed by atoms with E-state index in [0.717, 1.165) is 0 Å². The summed E-state index contributed by atoms with van der Waals surface area (Å²) in [4.78, 5) is 11.4. The molecule has 1 heterocycles. The summed E-state index contributed by atoms with van der Waals surface area (Å²) < 4.78 is 6.47. The molecule has 0 saturated carbocycles. The number of nitrogens with two attached hydrogens (primary N) is 1. The highest BCUT2D eigenvalue weighted by Crippen LogP contribution is 2.02. The van der Waals surface area contributed by atoms with E-state index in [0.29, 0.717) is 12.3 Å². The number of esters is 1. The second-order valence-electron chi connectivity index (χ2n) is 2.69. The number of thiocarbonyl (C=S) groups is 1. The van der Waals surface area contributed by atoms with E-state index in [1.165, 1.54) is 0 Å². The van der Waals surface area contributed by atoms with Gasteiger partial charge in [-0.15, -0.1) is 0 Å². The lowest BCUT2D eigenvalue weighted by Gasteiger charge is -2.06. The second kappa shape index (κ2) is 4.76. The third-order valence-corrected chi connectivity index (χ3v) is 1.90. The van der Waals surface area contributed by atoms with Gasteiger partial charge in [-0.1, -0.05) is 12.2 Å². The van der Waals surface area contributed by atoms with E-state index >= 15 is 0 Å². The van der Waals surface area contributed by atoms with Gasteiger partial charge < -0.3 is 15.0 Å². The molecule has 76 valence electrons. The van der Waals surface area contributed by atoms with E-state index in [4.69, 9.17) is 22.7 Å². The molecule has 1 aromatic heterocycles. The molecule has 0 saturated heterocycles. The van der Waals surface area contributed by atoms with Crippen LogP contribution in [0.4, 0.5) is 0 Å². The summed E-state index contributed by atoms with van der Waals surface area (Å²) in [6.45, 7) is 2.29. The van der Waals surface area contributed by atoms with Crippen LogP contribution in [0.1, 0.15) is 12.6 Å². The summed E-state index contributed by atoms with van der Waals surface area (Å²) in [5.74, 6) is -0.291. The van der Waals surface area contributed by atoms with E-state index in [-0.39, 0.29) is 17.5 Å². The number of hydrogen-bond acceptors (Lipinski definition) is 3. The molecule has 0 aliphatic carbocycles. The standard InChI is InChI=1S/C9H12N2O2S/c1-2-13-8(12)6-11-5-3-4-7(11)9(10)14/h3-5H,2,6H2,1H3,(H2,10,14). The number of aromatic nitrogens is 1. The molecule has 0 spiro atoms. The molecular weight excluding hydrogens is 200 g/mol. The Morgan fingerprint density at radius 3 is 3.00 bits per heavy atom. The predicted molar refractivity (Wildman–Crippen MR) is 57.0 cm³/mol. The lowest BCUT2D eigenvalue weighted by molar-refractivity contribution is -0.143. The molecule has 4 nitrogen and oxygen atoms in total. The average molecular weight is 212 g/mol. The monoisotopic (exact) mass is 212 g/mol. The molecule has 1 aromatic rings. The summed E-state index contributed by atoms with van der Waals surface area (Å²) in [6.07, 6.45) is 1.74. The molecular formula is C9H12N2O2S. The van der Waals surface area contributed by atoms with Crippen LogP contribution in [0.2, 0.25) is 0 Å². The number of rotatable bonds is 4. The molecule has 0 unspecified atom stereocenters. The Morgan fingerprint density at radius 1 is 1.71 bits per heavy atom. The first-order valence-electron chi connectivity index (χ1n) is 4.25. The second-order valence-corrected chi connectivity index (χ2v) is 3.13. The molecule has 0 bridgehead atoms. The van der Waals surface area contributed by atoms with Crippen molar-refractivity contribution in [2.75, 3.05) is 6.61 Å². The first kappa shape index (κ1) is 10.7. The Bertz CT molecular complexity index is 346. The van der Waals surface area contributed by atoms with E-state index in [1.807, 2.05) is 0 Å². The van der Waals surface area contributed by atoms with Gasteiger partial charge in [0.15, 0.2) is 0 Å². The van der Waals surface area contributed by atoms with Crippen LogP contribution in [-0.4, -0.2) is 22.1 Å². The minimum atomic E-state index is -0.291. The van der Waals surface area contributed by atoms with Crippen LogP contribution in [0.15, 0.2) is 18.3 Å². The Kier molecular flexibility index (Phi) is 3.64. The van der Waals surface area contributed by atoms with Crippen LogP contribution in [0.5, 0.6) is 0 Å². The Balaban J connectivity index is 2.71. The van der Waals surface area contributed by atoms with Crippen molar-refractivity contribution in [2.45, 2.75) is 13.5 Å². The third-order valence-electron chi connectivity index (χ3n) is 1.69. The minimum Gasteiger partial charge on any atom is -0.465 e. The average Bonchev–Trinajstić information content (AvgIpc) is 2.52. The minimum absolute atomic E-state index is 0.146. The number of nitrogens with zero attached hydrogens (tertiary/aromatic N) is 1. The Hall–Kier alpha value is -1.36. The zero-order chi connectivity index (χ0) is 10.6. The summed E-state index contributed by atoms with van der Waals surface area (Å²) in [7, 11) is 0. The maximum absolute atomic E-state index is 11.2. The van der Waals surface area contributed by atoms with Crippen molar-refractivity contribution in [3.8, 4) is 0 Å². The quantitative estimate of drug-likeness (QED) is 0.589. The van der Waals surface area contributed by atoms with Crippen LogP contribution in [0, 0.1) is 0 Å². The van der Waals surface area contributed by atoms with Gasteiger partial charge in [0, 0.05) is 6.20 Å². The molecule has 5 heteroatoms. The van der Waals surface area contributed by atoms with Gasteiger partial charge in [0.25, 0.3) is 0 Å². The maximum Gasteiger partial charge on any atom is 0.325 e. The van der Waals surface area contributed by atoms with Crippen LogP contribution >= 0.6 is 12.2 Å². The van der Waals surface area contributed by atoms with Crippen molar-refractivity contribution in [3.63, 3.8) is 0 Å². The van der Waals surface area contributed by atoms with E-state index in [1.54, 1.807) is 29.8 Å². The van der Waals surface area contributed by atoms with Crippen molar-refractivity contribution in [1.82, 2.24) is 4.57 Å². The number of hydrogen-bond donors (Lipinski definition) is 1. The first-order chi connectivity index (χ1) is 6.65. The zero-order valence-electron chi connectivity index (χ0n) is 7.90. The summed E-state index contributed by atoms with van der Waals surface area (Å²) in [5, 5.41) is 0. The Morgan fingerprint density at radius 2 is 2.43 bits per heavy atom. The molecule has 0 aliphatic heterocycles. The van der Waals surface area contributed by atoms with E-state index < -0.39 is 0 Å². The highest BCUT2D eigenvalue weighted by atomic mass is 32.1. The van der Waals surface area contributed by atoms with E-state index in [9.17, 15) is 4.79 Å². The molecule has 14 heavy (non-hydrogen) atoms. The molecule has 0 aliphatic rings. The SMILES string of the molecule is CCOC(=O)Cn1cccc1C(N)=S. The van der Waals surface area contributed by atoms with Gasteiger partial charge in [-0.25, -0.2) is 0 Å². The van der Waals surface area contributed by atoms with Crippen LogP contribution in [0.25, 0.3) is 0 Å². The zero-order valence-corrected chi connectivity index (χ0v) is 8.71. The molecule has 0 radical (unpaired) electrons. The van der Waals surface area contributed by atoms with Crippen molar-refractivity contribution >= 4 is 23.2 Å². The molecule has 0 aromatic carbocycles. The predicted octanol–water partition coefficient (Wildman–Crippen LogP) is 0.685. The van der Waals surface area contributed by atoms with Gasteiger partial charge in [-0.3, -0.25) is 4.79 Å². The van der Waals surface area contributed by atoms with Crippen LogP contribution in [-0.2, 0) is 16.1 Å². The van der Waals surface area contributed by atoms with Crippen molar-refractivity contribution in [3.05, 3.63) is 24.0 Å². The maximum atomic E-state index is 11.2. The number of carbonyl (C=O) groups is 1. The van der Waals surface area contributed by atoms with Gasteiger partial charge in [0.1, 0.15) is 11.5 Å². The van der Waals surface area contributed by atoms with Crippen LogP contribution < -0.4 is 5.73 Å². The van der Waals surface area contributed by atoms with Crippen molar-refractivity contribution in [2.24, 2.45) is 5.73 Å². The van der Waals surface area contributed by atoms with Gasteiger partial charge in [-0.2, -0.15) is 0 Å². The third kappa shape index (κ3) is 2.56. The van der Waals surface area contributed by atoms with E-state index in [2.05, 4.69) is 0 Å². The first-order valence-corrected chi connectivity index (χ1v) is 4.66. The van der Waals surface area contributed by atoms with Crippen molar-refractivity contribution in [1.29, 1.82) is 0 Å². The molecule has 2 N–H and O–H groups in total. The summed E-state index contributed by atoms with van der Waals surface area (Å²) in [6, 6.07) is 3.55. The van der Waals surface area contributed by atoms with Crippen LogP contribution in [0.3, 0.4) is 0 Å². The summed E-state index contributed by atoms with van der Waals surface area (Å²) >= 11 is 4.83. The normalized spacial score (nSPS) is 9.79. The van der Waals surface area contributed by atoms with Crippen molar-refractivity contribution < 1.29 is 9.53 Å². The fraction of sp³-hybridized carbons (Fsp3) is 0.333. The van der Waals surface area contributed by atoms with Gasteiger partial charge in [0.2, 0.25) is 0 Å². The molecule has 0 atom stereocenters. The fourth-order valence-electron chi connectivity index (χ4n) is 1.12. The van der Waals surface area contributed by atoms with Gasteiger partial charge in [0.05, 0.1) is 12.3 Å². The molecule has 0 amide bonds. The number of ether oxygens (including phenoxy) is 1. The van der Waals surface area contributed by atoms with Gasteiger partial charge >= 0.3 is 5.97 Å². The summed E-state index contributed by atoms with van der Waals surface area (Å²) in [5.41, 5.74) is 6.14. The smallest absolute Gasteiger partial charge is 0.325 e. The molecule has 0 fully saturated rings. The fourth-order valence-corrected chi connectivity index (χ4v) is 1.31. The topological polar surface area (TPSA) is 57.2 Å². The number of carbonyl (C=O) groups excluding carboxylic acids is 1. The highest BCUT2D eigenvalue weighted by molar-refractivity contribution is 7.80. The lowest BCUT2D eigenvalue weighted by atomic mass is 10.4.